The van der Waals surface area contributed by atoms with Crippen molar-refractivity contribution in [3.63, 3.8) is 0 Å². The second-order valence-corrected chi connectivity index (χ2v) is 5.07. The number of fused-ring (bicyclic) bond motifs is 3. The van der Waals surface area contributed by atoms with Crippen LogP contribution in [0.25, 0.3) is 0 Å². The first kappa shape index (κ1) is 10.9. The van der Waals surface area contributed by atoms with Crippen LogP contribution < -0.4 is 9.47 Å². The summed E-state index contributed by atoms with van der Waals surface area (Å²) < 4.78 is 10.8. The van der Waals surface area contributed by atoms with Crippen molar-refractivity contribution >= 4 is 0 Å². The Labute approximate surface area is 102 Å². The predicted octanol–water partition coefficient (Wildman–Crippen LogP) is 2.25. The molecule has 1 fully saturated rings. The smallest absolute Gasteiger partial charge is 0.161 e. The van der Waals surface area contributed by atoms with E-state index in [9.17, 15) is 0 Å². The van der Waals surface area contributed by atoms with Crippen LogP contribution in [-0.2, 0) is 6.42 Å². The Morgan fingerprint density at radius 3 is 2.53 bits per heavy atom. The summed E-state index contributed by atoms with van der Waals surface area (Å²) in [5.41, 5.74) is 2.86. The molecular formula is C14H19NO2. The maximum absolute atomic E-state index is 5.40. The third kappa shape index (κ3) is 1.53. The number of hydrogen-bond donors (Lipinski definition) is 0. The van der Waals surface area contributed by atoms with E-state index in [0.29, 0.717) is 6.04 Å². The minimum absolute atomic E-state index is 0.596. The molecule has 92 valence electrons. The molecule has 3 nitrogen and oxygen atoms in total. The fraction of sp³-hybridized carbons (Fsp3) is 0.571. The van der Waals surface area contributed by atoms with Gasteiger partial charge in [0.25, 0.3) is 0 Å². The molecule has 0 amide bonds. The summed E-state index contributed by atoms with van der Waals surface area (Å²) in [6, 6.07) is 4.91. The lowest BCUT2D eigenvalue weighted by molar-refractivity contribution is 0.0158. The number of benzene rings is 1. The molecule has 3 heteroatoms. The van der Waals surface area contributed by atoms with Crippen LogP contribution in [0.1, 0.15) is 24.1 Å². The lowest BCUT2D eigenvalue weighted by Crippen LogP contribution is -2.51. The van der Waals surface area contributed by atoms with Gasteiger partial charge in [-0.25, -0.2) is 0 Å². The monoisotopic (exact) mass is 233 g/mol. The second kappa shape index (κ2) is 3.91. The summed E-state index contributed by atoms with van der Waals surface area (Å²) in [5, 5.41) is 0. The maximum atomic E-state index is 5.40. The van der Waals surface area contributed by atoms with Gasteiger partial charge >= 0.3 is 0 Å². The van der Waals surface area contributed by atoms with Crippen LogP contribution in [0.5, 0.6) is 11.5 Å². The van der Waals surface area contributed by atoms with Gasteiger partial charge in [0.2, 0.25) is 0 Å². The van der Waals surface area contributed by atoms with Crippen molar-refractivity contribution in [2.45, 2.75) is 19.4 Å². The fourth-order valence-electron chi connectivity index (χ4n) is 3.23. The van der Waals surface area contributed by atoms with E-state index in [-0.39, 0.29) is 0 Å². The summed E-state index contributed by atoms with van der Waals surface area (Å²) in [7, 11) is 3.40. The topological polar surface area (TPSA) is 21.7 Å². The van der Waals surface area contributed by atoms with Crippen LogP contribution in [0, 0.1) is 5.92 Å². The quantitative estimate of drug-likeness (QED) is 0.782. The zero-order valence-electron chi connectivity index (χ0n) is 10.7. The molecule has 0 unspecified atom stereocenters. The molecular weight excluding hydrogens is 214 g/mol. The summed E-state index contributed by atoms with van der Waals surface area (Å²) in [6.07, 6.45) is 1.12. The third-order valence-electron chi connectivity index (χ3n) is 4.09. The van der Waals surface area contributed by atoms with Gasteiger partial charge in [-0.1, -0.05) is 6.92 Å². The lowest BCUT2D eigenvalue weighted by atomic mass is 9.78. The first-order chi connectivity index (χ1) is 8.24. The van der Waals surface area contributed by atoms with Crippen LogP contribution in [-0.4, -0.2) is 32.2 Å². The molecule has 2 atom stereocenters. The van der Waals surface area contributed by atoms with Crippen LogP contribution in [0.15, 0.2) is 12.1 Å². The molecule has 2 aliphatic heterocycles. The molecule has 17 heavy (non-hydrogen) atoms. The number of nitrogens with zero attached hydrogens (tertiary/aromatic N) is 1. The van der Waals surface area contributed by atoms with Gasteiger partial charge in [0.15, 0.2) is 11.5 Å². The van der Waals surface area contributed by atoms with E-state index >= 15 is 0 Å². The maximum Gasteiger partial charge on any atom is 0.161 e. The highest BCUT2D eigenvalue weighted by Gasteiger charge is 2.40. The number of ether oxygens (including phenoxy) is 2. The first-order valence-corrected chi connectivity index (χ1v) is 6.23. The van der Waals surface area contributed by atoms with Crippen molar-refractivity contribution < 1.29 is 9.47 Å². The van der Waals surface area contributed by atoms with Gasteiger partial charge in [0.05, 0.1) is 14.2 Å². The van der Waals surface area contributed by atoms with Crippen LogP contribution in [0.4, 0.5) is 0 Å². The van der Waals surface area contributed by atoms with Crippen molar-refractivity contribution in [2.75, 3.05) is 27.3 Å². The zero-order chi connectivity index (χ0) is 12.0. The van der Waals surface area contributed by atoms with E-state index in [1.54, 1.807) is 14.2 Å². The molecule has 0 bridgehead atoms. The van der Waals surface area contributed by atoms with Gasteiger partial charge in [0.1, 0.15) is 0 Å². The highest BCUT2D eigenvalue weighted by molar-refractivity contribution is 5.50. The van der Waals surface area contributed by atoms with Crippen molar-refractivity contribution in [1.82, 2.24) is 4.90 Å². The predicted molar refractivity (Wildman–Crippen MR) is 66.7 cm³/mol. The Balaban J connectivity index is 2.06. The van der Waals surface area contributed by atoms with Gasteiger partial charge in [-0.2, -0.15) is 0 Å². The standard InChI is InChI=1S/C14H19NO2/c1-9-8-15-5-4-10-6-12(16-2)13(17-3)7-11(10)14(9)15/h6-7,9,14H,4-5,8H2,1-3H3/t9-,14-/m1/s1. The molecule has 0 N–H and O–H groups in total. The van der Waals surface area contributed by atoms with Crippen molar-refractivity contribution in [3.05, 3.63) is 23.3 Å². The molecule has 1 aromatic carbocycles. The largest absolute Gasteiger partial charge is 0.493 e. The molecule has 0 aromatic heterocycles. The van der Waals surface area contributed by atoms with E-state index in [1.165, 1.54) is 24.2 Å². The molecule has 2 heterocycles. The first-order valence-electron chi connectivity index (χ1n) is 6.23. The van der Waals surface area contributed by atoms with E-state index in [4.69, 9.17) is 9.47 Å². The normalized spacial score (nSPS) is 26.8. The van der Waals surface area contributed by atoms with Crippen LogP contribution in [0.2, 0.25) is 0 Å². The minimum atomic E-state index is 0.596. The van der Waals surface area contributed by atoms with Crippen LogP contribution >= 0.6 is 0 Å². The summed E-state index contributed by atoms with van der Waals surface area (Å²) in [6.45, 7) is 4.74. The molecule has 0 aliphatic carbocycles. The Morgan fingerprint density at radius 2 is 1.88 bits per heavy atom. The lowest BCUT2D eigenvalue weighted by Gasteiger charge is -2.50. The summed E-state index contributed by atoms with van der Waals surface area (Å²) in [5.74, 6) is 2.46. The average Bonchev–Trinajstić information content (AvgIpc) is 2.34. The van der Waals surface area contributed by atoms with E-state index in [0.717, 1.165) is 23.8 Å². The van der Waals surface area contributed by atoms with Crippen LogP contribution in [0.3, 0.4) is 0 Å². The molecule has 2 aliphatic rings. The second-order valence-electron chi connectivity index (χ2n) is 5.07. The molecule has 1 saturated heterocycles. The Kier molecular flexibility index (Phi) is 2.51. The van der Waals surface area contributed by atoms with Gasteiger partial charge in [0, 0.05) is 19.1 Å². The molecule has 0 saturated carbocycles. The van der Waals surface area contributed by atoms with E-state index < -0.39 is 0 Å². The molecule has 0 spiro atoms. The van der Waals surface area contributed by atoms with E-state index in [1.807, 2.05) is 0 Å². The Hall–Kier alpha value is -1.22. The van der Waals surface area contributed by atoms with Gasteiger partial charge in [-0.05, 0) is 35.6 Å². The zero-order valence-corrected chi connectivity index (χ0v) is 10.7. The van der Waals surface area contributed by atoms with Crippen molar-refractivity contribution in [2.24, 2.45) is 5.92 Å². The highest BCUT2D eigenvalue weighted by Crippen LogP contribution is 2.46. The van der Waals surface area contributed by atoms with Gasteiger partial charge in [-0.15, -0.1) is 0 Å². The summed E-state index contributed by atoms with van der Waals surface area (Å²) in [4.78, 5) is 2.55. The number of hydrogen-bond acceptors (Lipinski definition) is 3. The average molecular weight is 233 g/mol. The number of methoxy groups -OCH3 is 2. The third-order valence-corrected chi connectivity index (χ3v) is 4.09. The summed E-state index contributed by atoms with van der Waals surface area (Å²) >= 11 is 0. The van der Waals surface area contributed by atoms with Crippen molar-refractivity contribution in [1.29, 1.82) is 0 Å². The molecule has 1 aromatic rings. The van der Waals surface area contributed by atoms with Crippen molar-refractivity contribution in [3.8, 4) is 11.5 Å². The highest BCUT2D eigenvalue weighted by atomic mass is 16.5. The Bertz CT molecular complexity index is 444. The SMILES string of the molecule is COc1cc2c(cc1OC)[C@H]1[C@H](C)CN1CC2. The van der Waals surface area contributed by atoms with E-state index in [2.05, 4.69) is 24.0 Å². The van der Waals surface area contributed by atoms with Gasteiger partial charge in [-0.3, -0.25) is 4.90 Å². The molecule has 0 radical (unpaired) electrons. The fourth-order valence-corrected chi connectivity index (χ4v) is 3.23. The molecule has 3 rings (SSSR count). The van der Waals surface area contributed by atoms with Gasteiger partial charge < -0.3 is 9.47 Å². The number of rotatable bonds is 2. The Morgan fingerprint density at radius 1 is 1.18 bits per heavy atom. The minimum Gasteiger partial charge on any atom is -0.493 e.